The molecule has 3 rings (SSSR count). The van der Waals surface area contributed by atoms with Gasteiger partial charge in [-0.15, -0.1) is 0 Å². The molecule has 2 aromatic carbocycles. The van der Waals surface area contributed by atoms with Crippen LogP contribution in [0.2, 0.25) is 0 Å². The fourth-order valence-electron chi connectivity index (χ4n) is 3.43. The molecule has 21 heavy (non-hydrogen) atoms. The fourth-order valence-corrected chi connectivity index (χ4v) is 3.43. The second kappa shape index (κ2) is 6.17. The van der Waals surface area contributed by atoms with E-state index in [9.17, 15) is 5.11 Å². The van der Waals surface area contributed by atoms with Crippen molar-refractivity contribution in [3.8, 4) is 0 Å². The Bertz CT molecular complexity index is 594. The highest BCUT2D eigenvalue weighted by Crippen LogP contribution is 2.32. The molecule has 0 spiro atoms. The number of rotatable bonds is 4. The van der Waals surface area contributed by atoms with E-state index in [-0.39, 0.29) is 12.1 Å². The van der Waals surface area contributed by atoms with Crippen LogP contribution in [-0.2, 0) is 6.54 Å². The lowest BCUT2D eigenvalue weighted by atomic mass is 9.77. The molecule has 2 nitrogen and oxygen atoms in total. The number of aliphatic hydroxyl groups is 1. The maximum Gasteiger partial charge on any atom is 0.0613 e. The fraction of sp³-hybridized carbons (Fsp3) is 0.474. The molecule has 2 N–H and O–H groups in total. The van der Waals surface area contributed by atoms with Crippen molar-refractivity contribution in [2.45, 2.75) is 44.7 Å². The highest BCUT2D eigenvalue weighted by atomic mass is 16.3. The number of aliphatic hydroxyl groups excluding tert-OH is 1. The Morgan fingerprint density at radius 3 is 2.57 bits per heavy atom. The normalized spacial score (nSPS) is 26.1. The van der Waals surface area contributed by atoms with Crippen molar-refractivity contribution in [3.05, 3.63) is 48.0 Å². The maximum atomic E-state index is 9.86. The first-order chi connectivity index (χ1) is 10.2. The molecule has 0 aliphatic heterocycles. The minimum absolute atomic E-state index is 0.0799. The molecule has 0 bridgehead atoms. The summed E-state index contributed by atoms with van der Waals surface area (Å²) in [5.74, 6) is 0.795. The monoisotopic (exact) mass is 283 g/mol. The number of hydrogen-bond donors (Lipinski definition) is 2. The summed E-state index contributed by atoms with van der Waals surface area (Å²) in [7, 11) is 0. The maximum absolute atomic E-state index is 9.86. The molecule has 1 fully saturated rings. The highest BCUT2D eigenvalue weighted by Gasteiger charge is 2.32. The van der Waals surface area contributed by atoms with Gasteiger partial charge >= 0.3 is 0 Å². The van der Waals surface area contributed by atoms with Crippen molar-refractivity contribution >= 4 is 10.8 Å². The third-order valence-electron chi connectivity index (χ3n) is 5.07. The predicted molar refractivity (Wildman–Crippen MR) is 88.2 cm³/mol. The van der Waals surface area contributed by atoms with E-state index in [1.165, 1.54) is 29.2 Å². The van der Waals surface area contributed by atoms with Crippen LogP contribution in [0.1, 0.15) is 38.2 Å². The molecule has 0 radical (unpaired) electrons. The zero-order valence-electron chi connectivity index (χ0n) is 12.8. The summed E-state index contributed by atoms with van der Waals surface area (Å²) in [5, 5.41) is 16.1. The standard InChI is InChI=1S/C19H25NO/c1-15-9-11-19(14-21,12-10-15)20-13-17-7-4-6-16-5-2-3-8-18(16)17/h2-8,15,20-21H,9-14H2,1H3. The van der Waals surface area contributed by atoms with Crippen LogP contribution in [0.4, 0.5) is 0 Å². The molecule has 1 saturated carbocycles. The van der Waals surface area contributed by atoms with E-state index in [4.69, 9.17) is 0 Å². The van der Waals surface area contributed by atoms with Crippen LogP contribution in [0, 0.1) is 5.92 Å². The van der Waals surface area contributed by atoms with Gasteiger partial charge < -0.3 is 10.4 Å². The van der Waals surface area contributed by atoms with Gasteiger partial charge in [0.05, 0.1) is 6.61 Å². The van der Waals surface area contributed by atoms with Gasteiger partial charge in [0.1, 0.15) is 0 Å². The van der Waals surface area contributed by atoms with Crippen LogP contribution in [0.15, 0.2) is 42.5 Å². The van der Waals surface area contributed by atoms with Crippen LogP contribution in [0.3, 0.4) is 0 Å². The number of benzene rings is 2. The lowest BCUT2D eigenvalue weighted by Crippen LogP contribution is -2.50. The van der Waals surface area contributed by atoms with E-state index in [0.29, 0.717) is 0 Å². The quantitative estimate of drug-likeness (QED) is 0.892. The average Bonchev–Trinajstić information content (AvgIpc) is 2.55. The Hall–Kier alpha value is -1.38. The largest absolute Gasteiger partial charge is 0.394 e. The molecule has 0 saturated heterocycles. The molecule has 0 atom stereocenters. The second-order valence-corrected chi connectivity index (χ2v) is 6.61. The van der Waals surface area contributed by atoms with E-state index in [1.807, 2.05) is 0 Å². The van der Waals surface area contributed by atoms with Crippen LogP contribution in [0.5, 0.6) is 0 Å². The van der Waals surface area contributed by atoms with Gasteiger partial charge in [0.25, 0.3) is 0 Å². The Kier molecular flexibility index (Phi) is 4.27. The van der Waals surface area contributed by atoms with Crippen molar-refractivity contribution in [2.24, 2.45) is 5.92 Å². The molecule has 1 aliphatic rings. The third-order valence-corrected chi connectivity index (χ3v) is 5.07. The molecular formula is C19H25NO. The van der Waals surface area contributed by atoms with Crippen LogP contribution in [0.25, 0.3) is 10.8 Å². The number of nitrogens with one attached hydrogen (secondary N) is 1. The molecule has 112 valence electrons. The zero-order valence-corrected chi connectivity index (χ0v) is 12.8. The topological polar surface area (TPSA) is 32.3 Å². The van der Waals surface area contributed by atoms with E-state index < -0.39 is 0 Å². The van der Waals surface area contributed by atoms with Crippen molar-refractivity contribution < 1.29 is 5.11 Å². The van der Waals surface area contributed by atoms with Gasteiger partial charge in [-0.3, -0.25) is 0 Å². The Morgan fingerprint density at radius 2 is 1.81 bits per heavy atom. The van der Waals surface area contributed by atoms with Gasteiger partial charge in [-0.05, 0) is 47.9 Å². The smallest absolute Gasteiger partial charge is 0.0613 e. The molecule has 1 aliphatic carbocycles. The van der Waals surface area contributed by atoms with Gasteiger partial charge in [0.15, 0.2) is 0 Å². The lowest BCUT2D eigenvalue weighted by Gasteiger charge is -2.39. The van der Waals surface area contributed by atoms with Crippen LogP contribution < -0.4 is 5.32 Å². The number of hydrogen-bond acceptors (Lipinski definition) is 2. The van der Waals surface area contributed by atoms with E-state index in [1.54, 1.807) is 0 Å². The Balaban J connectivity index is 1.76. The summed E-state index contributed by atoms with van der Waals surface area (Å²) >= 11 is 0. The average molecular weight is 283 g/mol. The Labute approximate surface area is 127 Å². The Morgan fingerprint density at radius 1 is 1.10 bits per heavy atom. The molecular weight excluding hydrogens is 258 g/mol. The molecule has 0 amide bonds. The zero-order chi connectivity index (χ0) is 14.7. The third kappa shape index (κ3) is 3.12. The minimum atomic E-state index is -0.0799. The summed E-state index contributed by atoms with van der Waals surface area (Å²) in [6.07, 6.45) is 4.58. The molecule has 0 aromatic heterocycles. The molecule has 0 heterocycles. The summed E-state index contributed by atoms with van der Waals surface area (Å²) < 4.78 is 0. The van der Waals surface area contributed by atoms with E-state index >= 15 is 0 Å². The lowest BCUT2D eigenvalue weighted by molar-refractivity contribution is 0.104. The van der Waals surface area contributed by atoms with Gasteiger partial charge in [-0.2, -0.15) is 0 Å². The highest BCUT2D eigenvalue weighted by molar-refractivity contribution is 5.85. The molecule has 2 aromatic rings. The minimum Gasteiger partial charge on any atom is -0.394 e. The van der Waals surface area contributed by atoms with E-state index in [0.717, 1.165) is 25.3 Å². The summed E-state index contributed by atoms with van der Waals surface area (Å²) in [6.45, 7) is 3.38. The summed E-state index contributed by atoms with van der Waals surface area (Å²) in [5.41, 5.74) is 1.24. The summed E-state index contributed by atoms with van der Waals surface area (Å²) in [6, 6.07) is 15.0. The van der Waals surface area contributed by atoms with E-state index in [2.05, 4.69) is 54.7 Å². The molecule has 2 heteroatoms. The van der Waals surface area contributed by atoms with Crippen molar-refractivity contribution in [1.82, 2.24) is 5.32 Å². The predicted octanol–water partition coefficient (Wildman–Crippen LogP) is 3.87. The van der Waals surface area contributed by atoms with Gasteiger partial charge in [-0.1, -0.05) is 49.4 Å². The SMILES string of the molecule is CC1CCC(CO)(NCc2cccc3ccccc23)CC1. The van der Waals surface area contributed by atoms with Gasteiger partial charge in [0, 0.05) is 12.1 Å². The van der Waals surface area contributed by atoms with Crippen molar-refractivity contribution in [2.75, 3.05) is 6.61 Å². The first kappa shape index (κ1) is 14.6. The van der Waals surface area contributed by atoms with Crippen molar-refractivity contribution in [1.29, 1.82) is 0 Å². The van der Waals surface area contributed by atoms with Gasteiger partial charge in [-0.25, -0.2) is 0 Å². The molecule has 0 unspecified atom stereocenters. The van der Waals surface area contributed by atoms with Gasteiger partial charge in [0.2, 0.25) is 0 Å². The first-order valence-electron chi connectivity index (χ1n) is 8.05. The van der Waals surface area contributed by atoms with Crippen LogP contribution in [-0.4, -0.2) is 17.3 Å². The van der Waals surface area contributed by atoms with Crippen molar-refractivity contribution in [3.63, 3.8) is 0 Å². The number of fused-ring (bicyclic) bond motifs is 1. The second-order valence-electron chi connectivity index (χ2n) is 6.61. The van der Waals surface area contributed by atoms with Crippen LogP contribution >= 0.6 is 0 Å². The summed E-state index contributed by atoms with van der Waals surface area (Å²) in [4.78, 5) is 0. The first-order valence-corrected chi connectivity index (χ1v) is 8.05.